The molecule has 1 unspecified atom stereocenters. The topological polar surface area (TPSA) is 48.1 Å². The molecule has 1 atom stereocenters. The van der Waals surface area contributed by atoms with Crippen molar-refractivity contribution in [2.24, 2.45) is 0 Å². The van der Waals surface area contributed by atoms with Gasteiger partial charge in [-0.2, -0.15) is 0 Å². The molecule has 4 nitrogen and oxygen atoms in total. The summed E-state index contributed by atoms with van der Waals surface area (Å²) in [5.41, 5.74) is 1.81. The first-order valence-corrected chi connectivity index (χ1v) is 7.38. The van der Waals surface area contributed by atoms with Crippen LogP contribution in [0.3, 0.4) is 0 Å². The number of H-pyrrole nitrogens is 1. The third-order valence-corrected chi connectivity index (χ3v) is 4.10. The zero-order chi connectivity index (χ0) is 13.9. The predicted molar refractivity (Wildman–Crippen MR) is 80.9 cm³/mol. The van der Waals surface area contributed by atoms with Crippen molar-refractivity contribution < 1.29 is 4.79 Å². The van der Waals surface area contributed by atoms with Gasteiger partial charge in [0.1, 0.15) is 0 Å². The van der Waals surface area contributed by atoms with Crippen LogP contribution in [0.5, 0.6) is 0 Å². The summed E-state index contributed by atoms with van der Waals surface area (Å²) < 4.78 is 0. The molecule has 2 heterocycles. The lowest BCUT2D eigenvalue weighted by atomic mass is 10.1. The number of hydrogen-bond acceptors (Lipinski definition) is 2. The molecule has 1 aromatic carbocycles. The highest BCUT2D eigenvalue weighted by molar-refractivity contribution is 6.06. The number of likely N-dealkylation sites (N-methyl/N-ethyl adjacent to an activating group) is 1. The smallest absolute Gasteiger partial charge is 0.254 e. The van der Waals surface area contributed by atoms with Gasteiger partial charge in [-0.05, 0) is 44.5 Å². The minimum absolute atomic E-state index is 0.131. The number of nitrogens with one attached hydrogen (secondary N) is 2. The van der Waals surface area contributed by atoms with Crippen molar-refractivity contribution in [3.05, 3.63) is 36.0 Å². The van der Waals surface area contributed by atoms with E-state index in [-0.39, 0.29) is 5.91 Å². The normalized spacial score (nSPS) is 18.6. The van der Waals surface area contributed by atoms with E-state index in [1.807, 2.05) is 42.3 Å². The van der Waals surface area contributed by atoms with Crippen molar-refractivity contribution in [2.45, 2.75) is 25.8 Å². The molecule has 4 heteroatoms. The number of fused-ring (bicyclic) bond motifs is 1. The summed E-state index contributed by atoms with van der Waals surface area (Å²) in [6, 6.07) is 8.28. The first-order chi connectivity index (χ1) is 9.79. The predicted octanol–water partition coefficient (Wildman–Crippen LogP) is 2.38. The Labute approximate surface area is 119 Å². The van der Waals surface area contributed by atoms with Crippen molar-refractivity contribution >= 4 is 16.8 Å². The Hall–Kier alpha value is -1.81. The molecule has 0 aliphatic carbocycles. The van der Waals surface area contributed by atoms with Crippen LogP contribution in [0.2, 0.25) is 0 Å². The van der Waals surface area contributed by atoms with Gasteiger partial charge < -0.3 is 15.2 Å². The van der Waals surface area contributed by atoms with Crippen LogP contribution in [0.25, 0.3) is 10.9 Å². The van der Waals surface area contributed by atoms with Gasteiger partial charge in [0.25, 0.3) is 5.91 Å². The third-order valence-electron chi connectivity index (χ3n) is 4.10. The van der Waals surface area contributed by atoms with Crippen LogP contribution in [-0.4, -0.2) is 41.5 Å². The molecule has 2 N–H and O–H groups in total. The van der Waals surface area contributed by atoms with E-state index in [0.717, 1.165) is 42.5 Å². The lowest BCUT2D eigenvalue weighted by Gasteiger charge is -2.25. The van der Waals surface area contributed by atoms with E-state index in [4.69, 9.17) is 0 Å². The highest BCUT2D eigenvalue weighted by atomic mass is 16.2. The van der Waals surface area contributed by atoms with Crippen LogP contribution < -0.4 is 5.32 Å². The molecule has 2 aromatic rings. The molecule has 3 rings (SSSR count). The fourth-order valence-corrected chi connectivity index (χ4v) is 2.98. The fraction of sp³-hybridized carbons (Fsp3) is 0.438. The van der Waals surface area contributed by atoms with Gasteiger partial charge in [0.15, 0.2) is 0 Å². The van der Waals surface area contributed by atoms with Crippen LogP contribution >= 0.6 is 0 Å². The summed E-state index contributed by atoms with van der Waals surface area (Å²) in [5.74, 6) is 0.131. The average Bonchev–Trinajstić information content (AvgIpc) is 3.14. The Balaban J connectivity index is 1.83. The molecule has 1 saturated heterocycles. The zero-order valence-corrected chi connectivity index (χ0v) is 11.9. The molecule has 0 bridgehead atoms. The lowest BCUT2D eigenvalue weighted by molar-refractivity contribution is 0.0753. The summed E-state index contributed by atoms with van der Waals surface area (Å²) in [5, 5.41) is 4.47. The van der Waals surface area contributed by atoms with E-state index in [1.165, 1.54) is 6.42 Å². The molecule has 1 aromatic heterocycles. The van der Waals surface area contributed by atoms with Gasteiger partial charge in [-0.1, -0.05) is 6.07 Å². The van der Waals surface area contributed by atoms with Gasteiger partial charge in [0.2, 0.25) is 0 Å². The standard InChI is InChI=1S/C16H21N3O/c1-2-19(11-12-5-4-9-17-12)16(20)14-6-3-7-15-13(14)8-10-18-15/h3,6-8,10,12,17-18H,2,4-5,9,11H2,1H3. The third kappa shape index (κ3) is 2.43. The van der Waals surface area contributed by atoms with Gasteiger partial charge in [-0.3, -0.25) is 4.79 Å². The summed E-state index contributed by atoms with van der Waals surface area (Å²) in [6.07, 6.45) is 4.26. The molecule has 1 fully saturated rings. The number of carbonyl (C=O) groups is 1. The van der Waals surface area contributed by atoms with Crippen molar-refractivity contribution in [2.75, 3.05) is 19.6 Å². The Morgan fingerprint density at radius 3 is 3.05 bits per heavy atom. The van der Waals surface area contributed by atoms with Crippen LogP contribution in [0, 0.1) is 0 Å². The van der Waals surface area contributed by atoms with Crippen LogP contribution in [0.4, 0.5) is 0 Å². The second-order valence-corrected chi connectivity index (χ2v) is 5.38. The number of aromatic nitrogens is 1. The van der Waals surface area contributed by atoms with Gasteiger partial charge in [-0.15, -0.1) is 0 Å². The number of carbonyl (C=O) groups excluding carboxylic acids is 1. The molecular formula is C16H21N3O. The Kier molecular flexibility index (Phi) is 3.74. The molecular weight excluding hydrogens is 250 g/mol. The van der Waals surface area contributed by atoms with Gasteiger partial charge >= 0.3 is 0 Å². The SMILES string of the molecule is CCN(CC1CCCN1)C(=O)c1cccc2[nH]ccc12. The Morgan fingerprint density at radius 2 is 2.30 bits per heavy atom. The molecule has 0 radical (unpaired) electrons. The van der Waals surface area contributed by atoms with E-state index in [2.05, 4.69) is 10.3 Å². The van der Waals surface area contributed by atoms with Crippen LogP contribution in [-0.2, 0) is 0 Å². The Bertz CT molecular complexity index is 599. The average molecular weight is 271 g/mol. The first kappa shape index (κ1) is 13.2. The Morgan fingerprint density at radius 1 is 1.40 bits per heavy atom. The summed E-state index contributed by atoms with van der Waals surface area (Å²) >= 11 is 0. The van der Waals surface area contributed by atoms with E-state index in [9.17, 15) is 4.79 Å². The molecule has 1 amide bonds. The number of nitrogens with zero attached hydrogens (tertiary/aromatic N) is 1. The van der Waals surface area contributed by atoms with Crippen molar-refractivity contribution in [3.63, 3.8) is 0 Å². The number of amides is 1. The molecule has 0 spiro atoms. The highest BCUT2D eigenvalue weighted by Crippen LogP contribution is 2.19. The number of rotatable bonds is 4. The van der Waals surface area contributed by atoms with Gasteiger partial charge in [0.05, 0.1) is 0 Å². The molecule has 106 valence electrons. The summed E-state index contributed by atoms with van der Waals surface area (Å²) in [6.45, 7) is 4.67. The largest absolute Gasteiger partial charge is 0.361 e. The van der Waals surface area contributed by atoms with Crippen molar-refractivity contribution in [1.29, 1.82) is 0 Å². The number of aromatic amines is 1. The second kappa shape index (κ2) is 5.67. The highest BCUT2D eigenvalue weighted by Gasteiger charge is 2.22. The first-order valence-electron chi connectivity index (χ1n) is 7.38. The van der Waals surface area contributed by atoms with Crippen molar-refractivity contribution in [3.8, 4) is 0 Å². The molecule has 1 aliphatic rings. The maximum atomic E-state index is 12.8. The van der Waals surface area contributed by atoms with Crippen LogP contribution in [0.1, 0.15) is 30.1 Å². The van der Waals surface area contributed by atoms with E-state index >= 15 is 0 Å². The second-order valence-electron chi connectivity index (χ2n) is 5.38. The lowest BCUT2D eigenvalue weighted by Crippen LogP contribution is -2.41. The minimum atomic E-state index is 0.131. The maximum absolute atomic E-state index is 12.8. The van der Waals surface area contributed by atoms with Crippen molar-refractivity contribution in [1.82, 2.24) is 15.2 Å². The zero-order valence-electron chi connectivity index (χ0n) is 11.9. The van der Waals surface area contributed by atoms with Crippen LogP contribution in [0.15, 0.2) is 30.5 Å². The number of benzene rings is 1. The van der Waals surface area contributed by atoms with E-state index in [0.29, 0.717) is 6.04 Å². The van der Waals surface area contributed by atoms with E-state index in [1.54, 1.807) is 0 Å². The summed E-state index contributed by atoms with van der Waals surface area (Å²) in [7, 11) is 0. The minimum Gasteiger partial charge on any atom is -0.361 e. The van der Waals surface area contributed by atoms with E-state index < -0.39 is 0 Å². The quantitative estimate of drug-likeness (QED) is 0.897. The number of hydrogen-bond donors (Lipinski definition) is 2. The molecule has 0 saturated carbocycles. The maximum Gasteiger partial charge on any atom is 0.254 e. The fourth-order valence-electron chi connectivity index (χ4n) is 2.98. The summed E-state index contributed by atoms with van der Waals surface area (Å²) in [4.78, 5) is 17.9. The van der Waals surface area contributed by atoms with Gasteiger partial charge in [0, 0.05) is 41.8 Å². The van der Waals surface area contributed by atoms with Gasteiger partial charge in [-0.25, -0.2) is 0 Å². The monoisotopic (exact) mass is 271 g/mol. The molecule has 1 aliphatic heterocycles. The molecule has 20 heavy (non-hydrogen) atoms.